The van der Waals surface area contributed by atoms with Crippen molar-refractivity contribution >= 4 is 46.1 Å². The van der Waals surface area contributed by atoms with Crippen molar-refractivity contribution in [3.8, 4) is 22.1 Å². The van der Waals surface area contributed by atoms with Gasteiger partial charge in [0.1, 0.15) is 17.3 Å². The monoisotopic (exact) mass is 484 g/mol. The van der Waals surface area contributed by atoms with Gasteiger partial charge in [-0.25, -0.2) is 4.98 Å². The lowest BCUT2D eigenvalue weighted by Crippen LogP contribution is -2.12. The molecule has 4 aromatic rings. The molecule has 0 saturated heterocycles. The van der Waals surface area contributed by atoms with Crippen LogP contribution in [0.1, 0.15) is 16.1 Å². The quantitative estimate of drug-likeness (QED) is 0.308. The number of rotatable bonds is 7. The molecular weight excluding hydrogens is 467 g/mol. The number of hydrogen-bond donors (Lipinski definition) is 1. The molecule has 0 radical (unpaired) electrons. The number of nitrogens with zero attached hydrogens (tertiary/aromatic N) is 1. The molecule has 32 heavy (non-hydrogen) atoms. The highest BCUT2D eigenvalue weighted by Crippen LogP contribution is 2.34. The van der Waals surface area contributed by atoms with Crippen molar-refractivity contribution in [3.63, 3.8) is 0 Å². The number of amides is 1. The average Bonchev–Trinajstić information content (AvgIpc) is 3.31. The maximum Gasteiger partial charge on any atom is 0.275 e. The average molecular weight is 485 g/mol. The number of thiazole rings is 1. The van der Waals surface area contributed by atoms with Gasteiger partial charge in [0.2, 0.25) is 0 Å². The van der Waals surface area contributed by atoms with Gasteiger partial charge >= 0.3 is 0 Å². The Kier molecular flexibility index (Phi) is 6.95. The Morgan fingerprint density at radius 3 is 2.56 bits per heavy atom. The highest BCUT2D eigenvalue weighted by molar-refractivity contribution is 7.13. The lowest BCUT2D eigenvalue weighted by atomic mass is 10.2. The molecule has 5 nitrogen and oxygen atoms in total. The Morgan fingerprint density at radius 1 is 1.00 bits per heavy atom. The van der Waals surface area contributed by atoms with Crippen LogP contribution < -0.4 is 14.8 Å². The molecule has 0 spiro atoms. The topological polar surface area (TPSA) is 60.5 Å². The second kappa shape index (κ2) is 10.0. The maximum absolute atomic E-state index is 12.5. The highest BCUT2D eigenvalue weighted by atomic mass is 35.5. The molecule has 1 aromatic heterocycles. The van der Waals surface area contributed by atoms with E-state index in [0.29, 0.717) is 38.9 Å². The molecule has 0 atom stereocenters. The summed E-state index contributed by atoms with van der Waals surface area (Å²) in [6.45, 7) is 0.313. The van der Waals surface area contributed by atoms with E-state index in [4.69, 9.17) is 32.7 Å². The summed E-state index contributed by atoms with van der Waals surface area (Å²) in [4.78, 5) is 16.9. The van der Waals surface area contributed by atoms with Gasteiger partial charge in [0, 0.05) is 16.6 Å². The van der Waals surface area contributed by atoms with Gasteiger partial charge in [0.05, 0.1) is 17.2 Å². The molecule has 0 saturated carbocycles. The zero-order valence-electron chi connectivity index (χ0n) is 17.0. The minimum atomic E-state index is -0.257. The van der Waals surface area contributed by atoms with E-state index in [1.165, 1.54) is 11.3 Å². The Morgan fingerprint density at radius 2 is 1.81 bits per heavy atom. The zero-order chi connectivity index (χ0) is 22.5. The van der Waals surface area contributed by atoms with E-state index in [9.17, 15) is 4.79 Å². The zero-order valence-corrected chi connectivity index (χ0v) is 19.3. The fourth-order valence-electron chi connectivity index (χ4n) is 2.94. The fourth-order valence-corrected chi connectivity index (χ4v) is 4.06. The van der Waals surface area contributed by atoms with Crippen LogP contribution in [0.3, 0.4) is 0 Å². The van der Waals surface area contributed by atoms with Crippen LogP contribution >= 0.6 is 34.5 Å². The molecule has 1 amide bonds. The summed E-state index contributed by atoms with van der Waals surface area (Å²) in [5.41, 5.74) is 2.79. The Labute approximate surface area is 199 Å². The van der Waals surface area contributed by atoms with Crippen molar-refractivity contribution in [2.45, 2.75) is 6.61 Å². The number of anilines is 1. The molecule has 0 fully saturated rings. The van der Waals surface area contributed by atoms with Gasteiger partial charge in [-0.1, -0.05) is 47.5 Å². The summed E-state index contributed by atoms with van der Waals surface area (Å²) in [5, 5.41) is 6.25. The molecule has 1 N–H and O–H groups in total. The first kappa shape index (κ1) is 22.1. The molecule has 0 aliphatic heterocycles. The Bertz CT molecular complexity index is 1250. The largest absolute Gasteiger partial charge is 0.493 e. The van der Waals surface area contributed by atoms with E-state index in [2.05, 4.69) is 10.3 Å². The van der Waals surface area contributed by atoms with Crippen molar-refractivity contribution in [2.75, 3.05) is 12.4 Å². The molecule has 0 aliphatic carbocycles. The molecule has 8 heteroatoms. The first-order valence-corrected chi connectivity index (χ1v) is 11.2. The molecule has 4 rings (SSSR count). The van der Waals surface area contributed by atoms with E-state index < -0.39 is 0 Å². The predicted molar refractivity (Wildman–Crippen MR) is 129 cm³/mol. The number of ether oxygens (including phenoxy) is 2. The molecule has 162 valence electrons. The summed E-state index contributed by atoms with van der Waals surface area (Å²) < 4.78 is 11.4. The van der Waals surface area contributed by atoms with Crippen LogP contribution in [0, 0.1) is 0 Å². The molecule has 3 aromatic carbocycles. The van der Waals surface area contributed by atoms with Crippen LogP contribution in [0.15, 0.2) is 72.1 Å². The van der Waals surface area contributed by atoms with Gasteiger partial charge in [-0.15, -0.1) is 11.3 Å². The summed E-state index contributed by atoms with van der Waals surface area (Å²) >= 11 is 13.4. The number of methoxy groups -OCH3 is 1. The smallest absolute Gasteiger partial charge is 0.275 e. The fraction of sp³-hybridized carbons (Fsp3) is 0.0833. The standard InChI is InChI=1S/C24H18Cl2N2O3S/c1-30-22-12-16(8-10-21(22)31-13-15-7-9-18(25)19(26)11-15)24-28-20(14-32-24)23(29)27-17-5-3-2-4-6-17/h2-12,14H,13H2,1H3,(H,27,29). The van der Waals surface area contributed by atoms with E-state index >= 15 is 0 Å². The number of halogens is 2. The lowest BCUT2D eigenvalue weighted by Gasteiger charge is -2.12. The molecule has 1 heterocycles. The summed E-state index contributed by atoms with van der Waals surface area (Å²) in [6, 6.07) is 20.1. The van der Waals surface area contributed by atoms with E-state index in [0.717, 1.165) is 16.8 Å². The molecule has 0 bridgehead atoms. The second-order valence-electron chi connectivity index (χ2n) is 6.76. The van der Waals surface area contributed by atoms with Crippen LogP contribution in [0.2, 0.25) is 10.0 Å². The summed E-state index contributed by atoms with van der Waals surface area (Å²) in [7, 11) is 1.58. The number of carbonyl (C=O) groups is 1. The number of nitrogens with one attached hydrogen (secondary N) is 1. The normalized spacial score (nSPS) is 10.6. The molecule has 0 aliphatic rings. The molecular formula is C24H18Cl2N2O3S. The lowest BCUT2D eigenvalue weighted by molar-refractivity contribution is 0.102. The van der Waals surface area contributed by atoms with Crippen LogP contribution in [-0.4, -0.2) is 18.0 Å². The van der Waals surface area contributed by atoms with Crippen LogP contribution in [0.5, 0.6) is 11.5 Å². The van der Waals surface area contributed by atoms with Gasteiger partial charge in [-0.05, 0) is 48.0 Å². The van der Waals surface area contributed by atoms with Crippen molar-refractivity contribution in [1.82, 2.24) is 4.98 Å². The first-order chi connectivity index (χ1) is 15.5. The minimum absolute atomic E-state index is 0.257. The van der Waals surface area contributed by atoms with Crippen molar-refractivity contribution < 1.29 is 14.3 Å². The third kappa shape index (κ3) is 5.22. The van der Waals surface area contributed by atoms with Gasteiger partial charge in [-0.2, -0.15) is 0 Å². The number of hydrogen-bond acceptors (Lipinski definition) is 5. The van der Waals surface area contributed by atoms with Crippen molar-refractivity contribution in [1.29, 1.82) is 0 Å². The van der Waals surface area contributed by atoms with Gasteiger partial charge < -0.3 is 14.8 Å². The first-order valence-electron chi connectivity index (χ1n) is 9.60. The predicted octanol–water partition coefficient (Wildman–Crippen LogP) is 6.96. The highest BCUT2D eigenvalue weighted by Gasteiger charge is 2.14. The van der Waals surface area contributed by atoms with E-state index in [-0.39, 0.29) is 5.91 Å². The Hall–Kier alpha value is -3.06. The van der Waals surface area contributed by atoms with E-state index in [1.807, 2.05) is 54.6 Å². The van der Waals surface area contributed by atoms with Gasteiger partial charge in [-0.3, -0.25) is 4.79 Å². The number of para-hydroxylation sites is 1. The van der Waals surface area contributed by atoms with Gasteiger partial charge in [0.25, 0.3) is 5.91 Å². The maximum atomic E-state index is 12.5. The van der Waals surface area contributed by atoms with Crippen LogP contribution in [0.25, 0.3) is 10.6 Å². The van der Waals surface area contributed by atoms with Crippen LogP contribution in [0.4, 0.5) is 5.69 Å². The van der Waals surface area contributed by atoms with Gasteiger partial charge in [0.15, 0.2) is 11.5 Å². The van der Waals surface area contributed by atoms with Crippen molar-refractivity contribution in [3.05, 3.63) is 93.4 Å². The van der Waals surface area contributed by atoms with Crippen molar-refractivity contribution in [2.24, 2.45) is 0 Å². The third-order valence-corrected chi connectivity index (χ3v) is 6.19. The second-order valence-corrected chi connectivity index (χ2v) is 8.43. The van der Waals surface area contributed by atoms with E-state index in [1.54, 1.807) is 24.6 Å². The summed E-state index contributed by atoms with van der Waals surface area (Å²) in [5.74, 6) is 0.890. The Balaban J connectivity index is 1.47. The molecule has 0 unspecified atom stereocenters. The number of benzene rings is 3. The number of aromatic nitrogens is 1. The minimum Gasteiger partial charge on any atom is -0.493 e. The SMILES string of the molecule is COc1cc(-c2nc(C(=O)Nc3ccccc3)cs2)ccc1OCc1ccc(Cl)c(Cl)c1. The third-order valence-electron chi connectivity index (χ3n) is 4.56. The summed E-state index contributed by atoms with van der Waals surface area (Å²) in [6.07, 6.45) is 0. The number of carbonyl (C=O) groups excluding carboxylic acids is 1. The van der Waals surface area contributed by atoms with Crippen LogP contribution in [-0.2, 0) is 6.61 Å².